The maximum absolute atomic E-state index is 11.7. The molecule has 1 fully saturated rings. The van der Waals surface area contributed by atoms with Gasteiger partial charge < -0.3 is 15.7 Å². The van der Waals surface area contributed by atoms with Crippen molar-refractivity contribution < 1.29 is 14.7 Å². The number of likely N-dealkylation sites (tertiary alicyclic amines) is 1. The summed E-state index contributed by atoms with van der Waals surface area (Å²) in [6, 6.07) is -0.903. The van der Waals surface area contributed by atoms with Crippen LogP contribution in [0.5, 0.6) is 0 Å². The minimum absolute atomic E-state index is 0.0602. The first-order valence-electron chi connectivity index (χ1n) is 5.22. The molecule has 0 aromatic carbocycles. The molecule has 6 heteroatoms. The second kappa shape index (κ2) is 4.63. The van der Waals surface area contributed by atoms with E-state index in [1.807, 2.05) is 0 Å². The zero-order valence-electron chi connectivity index (χ0n) is 9.51. The number of hydrogen-bond acceptors (Lipinski definition) is 4. The van der Waals surface area contributed by atoms with Gasteiger partial charge in [-0.05, 0) is 26.3 Å². The average molecular weight is 246 g/mol. The highest BCUT2D eigenvalue weighted by Gasteiger charge is 2.43. The third kappa shape index (κ3) is 2.68. The molecule has 0 aromatic rings. The Labute approximate surface area is 100 Å². The Morgan fingerprint density at radius 3 is 2.62 bits per heavy atom. The Hall–Kier alpha value is -0.750. The van der Waals surface area contributed by atoms with Crippen molar-refractivity contribution in [1.29, 1.82) is 0 Å². The van der Waals surface area contributed by atoms with E-state index < -0.39 is 16.8 Å². The molecule has 1 aliphatic heterocycles. The van der Waals surface area contributed by atoms with Crippen LogP contribution in [0.3, 0.4) is 0 Å². The molecule has 3 N–H and O–H groups in total. The van der Waals surface area contributed by atoms with Gasteiger partial charge in [0, 0.05) is 17.7 Å². The van der Waals surface area contributed by atoms with Crippen LogP contribution in [0.1, 0.15) is 20.3 Å². The number of amides is 1. The lowest BCUT2D eigenvalue weighted by Gasteiger charge is -2.34. The van der Waals surface area contributed by atoms with Crippen LogP contribution in [0.4, 0.5) is 0 Å². The summed E-state index contributed by atoms with van der Waals surface area (Å²) in [7, 11) is 0. The molecular formula is C10H18N2O3S. The fraction of sp³-hybridized carbons (Fsp3) is 0.800. The number of nitrogens with two attached hydrogens (primary N) is 1. The van der Waals surface area contributed by atoms with Gasteiger partial charge in [0.1, 0.15) is 6.04 Å². The number of carboxylic acids is 1. The highest BCUT2D eigenvalue weighted by molar-refractivity contribution is 7.81. The highest BCUT2D eigenvalue weighted by Crippen LogP contribution is 2.28. The van der Waals surface area contributed by atoms with E-state index in [1.54, 1.807) is 13.8 Å². The van der Waals surface area contributed by atoms with Crippen molar-refractivity contribution in [1.82, 2.24) is 4.90 Å². The minimum atomic E-state index is -1.02. The quantitative estimate of drug-likeness (QED) is 0.608. The van der Waals surface area contributed by atoms with E-state index in [0.717, 1.165) is 0 Å². The van der Waals surface area contributed by atoms with Crippen LogP contribution in [0.2, 0.25) is 0 Å². The molecule has 0 radical (unpaired) electrons. The number of hydrogen-bond donors (Lipinski definition) is 3. The third-order valence-electron chi connectivity index (χ3n) is 2.79. The van der Waals surface area contributed by atoms with Crippen molar-refractivity contribution >= 4 is 24.5 Å². The monoisotopic (exact) mass is 246 g/mol. The summed E-state index contributed by atoms with van der Waals surface area (Å²) in [5.74, 6) is -1.11. The Balaban J connectivity index is 2.89. The molecule has 5 nitrogen and oxygen atoms in total. The van der Waals surface area contributed by atoms with Gasteiger partial charge in [0.25, 0.3) is 0 Å². The van der Waals surface area contributed by atoms with Crippen molar-refractivity contribution in [2.75, 3.05) is 13.1 Å². The summed E-state index contributed by atoms with van der Waals surface area (Å²) < 4.78 is -0.773. The molecule has 1 aliphatic rings. The van der Waals surface area contributed by atoms with E-state index in [1.165, 1.54) is 4.90 Å². The van der Waals surface area contributed by atoms with Crippen LogP contribution in [0.15, 0.2) is 0 Å². The highest BCUT2D eigenvalue weighted by atomic mass is 32.1. The summed E-state index contributed by atoms with van der Waals surface area (Å²) >= 11 is 4.26. The van der Waals surface area contributed by atoms with Crippen molar-refractivity contribution in [3.8, 4) is 0 Å². The van der Waals surface area contributed by atoms with Gasteiger partial charge in [-0.25, -0.2) is 4.79 Å². The Bertz CT molecular complexity index is 301. The van der Waals surface area contributed by atoms with Gasteiger partial charge in [-0.15, -0.1) is 0 Å². The zero-order valence-corrected chi connectivity index (χ0v) is 10.4. The molecule has 2 atom stereocenters. The number of carbonyl (C=O) groups excluding carboxylic acids is 1. The molecule has 0 aromatic heterocycles. The second-order valence-electron chi connectivity index (χ2n) is 4.75. The first kappa shape index (κ1) is 13.3. The van der Waals surface area contributed by atoms with Gasteiger partial charge in [0.2, 0.25) is 5.91 Å². The molecule has 92 valence electrons. The maximum atomic E-state index is 11.7. The van der Waals surface area contributed by atoms with Crippen LogP contribution in [-0.4, -0.2) is 45.8 Å². The van der Waals surface area contributed by atoms with Crippen molar-refractivity contribution in [2.24, 2.45) is 11.7 Å². The molecule has 0 saturated carbocycles. The lowest BCUT2D eigenvalue weighted by atomic mass is 10.0. The van der Waals surface area contributed by atoms with Crippen molar-refractivity contribution in [3.63, 3.8) is 0 Å². The summed E-state index contributed by atoms with van der Waals surface area (Å²) in [5, 5.41) is 9.17. The van der Waals surface area contributed by atoms with E-state index in [4.69, 9.17) is 5.73 Å². The van der Waals surface area contributed by atoms with Gasteiger partial charge in [-0.1, -0.05) is 0 Å². The summed E-state index contributed by atoms with van der Waals surface area (Å²) in [4.78, 5) is 24.3. The van der Waals surface area contributed by atoms with E-state index in [2.05, 4.69) is 12.6 Å². The topological polar surface area (TPSA) is 83.6 Å². The molecule has 0 bridgehead atoms. The lowest BCUT2D eigenvalue weighted by Crippen LogP contribution is -2.52. The molecule has 1 heterocycles. The molecule has 1 unspecified atom stereocenters. The van der Waals surface area contributed by atoms with E-state index in [-0.39, 0.29) is 11.8 Å². The minimum Gasteiger partial charge on any atom is -0.480 e. The third-order valence-corrected chi connectivity index (χ3v) is 3.03. The molecule has 1 amide bonds. The normalized spacial score (nSPS) is 23.6. The van der Waals surface area contributed by atoms with Gasteiger partial charge in [-0.3, -0.25) is 4.79 Å². The standard InChI is InChI=1S/C10H18N2O3S/c1-10(2,16)8(9(14)15)12-5-6(4-11)3-7(12)13/h6,8,16H,3-5,11H2,1-2H3,(H,14,15)/t6?,8-/m0/s1. The van der Waals surface area contributed by atoms with E-state index >= 15 is 0 Å². The summed E-state index contributed by atoms with van der Waals surface area (Å²) in [6.45, 7) is 4.20. The Morgan fingerprint density at radius 1 is 1.75 bits per heavy atom. The number of rotatable bonds is 4. The first-order chi connectivity index (χ1) is 7.27. The van der Waals surface area contributed by atoms with Crippen LogP contribution >= 0.6 is 12.6 Å². The Kier molecular flexibility index (Phi) is 3.85. The number of aliphatic carboxylic acids is 1. The lowest BCUT2D eigenvalue weighted by molar-refractivity contribution is -0.149. The number of carboxylic acid groups (broad SMARTS) is 1. The Morgan fingerprint density at radius 2 is 2.31 bits per heavy atom. The summed E-state index contributed by atoms with van der Waals surface area (Å²) in [5.41, 5.74) is 5.50. The van der Waals surface area contributed by atoms with E-state index in [0.29, 0.717) is 19.5 Å². The van der Waals surface area contributed by atoms with Crippen molar-refractivity contribution in [2.45, 2.75) is 31.1 Å². The van der Waals surface area contributed by atoms with Crippen molar-refractivity contribution in [3.05, 3.63) is 0 Å². The molecular weight excluding hydrogens is 228 g/mol. The zero-order chi connectivity index (χ0) is 12.5. The predicted octanol–water partition coefficient (Wildman–Crippen LogP) is -0.0448. The molecule has 0 aliphatic carbocycles. The van der Waals surface area contributed by atoms with Crippen LogP contribution in [0, 0.1) is 5.92 Å². The van der Waals surface area contributed by atoms with Crippen LogP contribution in [-0.2, 0) is 9.59 Å². The van der Waals surface area contributed by atoms with Gasteiger partial charge in [0.05, 0.1) is 0 Å². The van der Waals surface area contributed by atoms with Gasteiger partial charge in [0.15, 0.2) is 0 Å². The summed E-state index contributed by atoms with van der Waals surface area (Å²) in [6.07, 6.45) is 0.337. The molecule has 1 saturated heterocycles. The maximum Gasteiger partial charge on any atom is 0.327 e. The first-order valence-corrected chi connectivity index (χ1v) is 5.66. The van der Waals surface area contributed by atoms with Gasteiger partial charge in [-0.2, -0.15) is 12.6 Å². The number of nitrogens with zero attached hydrogens (tertiary/aromatic N) is 1. The number of carbonyl (C=O) groups is 2. The van der Waals surface area contributed by atoms with E-state index in [9.17, 15) is 14.7 Å². The molecule has 1 rings (SSSR count). The SMILES string of the molecule is CC(C)(S)[C@H](C(=O)O)N1CC(CN)CC1=O. The average Bonchev–Trinajstić information content (AvgIpc) is 2.44. The fourth-order valence-electron chi connectivity index (χ4n) is 2.03. The second-order valence-corrected chi connectivity index (χ2v) is 5.90. The van der Waals surface area contributed by atoms with Crippen LogP contribution in [0.25, 0.3) is 0 Å². The van der Waals surface area contributed by atoms with Gasteiger partial charge >= 0.3 is 5.97 Å². The number of thiol groups is 1. The van der Waals surface area contributed by atoms with Crippen LogP contribution < -0.4 is 5.73 Å². The molecule has 0 spiro atoms. The largest absolute Gasteiger partial charge is 0.480 e. The predicted molar refractivity (Wildman–Crippen MR) is 63.4 cm³/mol. The molecule has 16 heavy (non-hydrogen) atoms. The smallest absolute Gasteiger partial charge is 0.327 e. The fourth-order valence-corrected chi connectivity index (χ4v) is 2.28.